The summed E-state index contributed by atoms with van der Waals surface area (Å²) in [4.78, 5) is 12.5. The average molecular weight is 320 g/mol. The summed E-state index contributed by atoms with van der Waals surface area (Å²) < 4.78 is 1.36. The van der Waals surface area contributed by atoms with Gasteiger partial charge in [-0.2, -0.15) is 15.6 Å². The van der Waals surface area contributed by atoms with Crippen LogP contribution in [0.4, 0.5) is 0 Å². The smallest absolute Gasteiger partial charge is 0.247 e. The summed E-state index contributed by atoms with van der Waals surface area (Å²) in [5, 5.41) is 23.5. The van der Waals surface area contributed by atoms with Crippen molar-refractivity contribution in [2.45, 2.75) is 33.6 Å². The van der Waals surface area contributed by atoms with Gasteiger partial charge in [0.2, 0.25) is 5.91 Å². The fourth-order valence-corrected chi connectivity index (χ4v) is 2.82. The van der Waals surface area contributed by atoms with Gasteiger partial charge in [-0.1, -0.05) is 37.3 Å². The van der Waals surface area contributed by atoms with Crippen LogP contribution in [0.3, 0.4) is 0 Å². The van der Waals surface area contributed by atoms with E-state index in [-0.39, 0.29) is 12.3 Å². The predicted octanol–water partition coefficient (Wildman–Crippen LogP) is 3.44. The molecule has 5 nitrogen and oxygen atoms in total. The van der Waals surface area contributed by atoms with E-state index in [9.17, 15) is 15.3 Å². The Morgan fingerprint density at radius 1 is 1.25 bits per heavy atom. The van der Waals surface area contributed by atoms with Crippen LogP contribution in [0.2, 0.25) is 0 Å². The monoisotopic (exact) mass is 320 g/mol. The van der Waals surface area contributed by atoms with Crippen LogP contribution in [0.5, 0.6) is 0 Å². The number of benzene rings is 1. The number of hydrogen-bond acceptors (Lipinski definition) is 4. The third-order valence-electron chi connectivity index (χ3n) is 4.29. The van der Waals surface area contributed by atoms with E-state index in [4.69, 9.17) is 0 Å². The highest BCUT2D eigenvalue weighted by Crippen LogP contribution is 2.33. The average Bonchev–Trinajstić information content (AvgIpc) is 2.92. The van der Waals surface area contributed by atoms with Crippen LogP contribution >= 0.6 is 0 Å². The maximum absolute atomic E-state index is 12.5. The minimum Gasteiger partial charge on any atom is -0.273 e. The Labute approximate surface area is 142 Å². The fourth-order valence-electron chi connectivity index (χ4n) is 2.82. The molecule has 0 N–H and O–H groups in total. The minimum atomic E-state index is -1.24. The molecule has 0 bridgehead atoms. The van der Waals surface area contributed by atoms with E-state index in [2.05, 4.69) is 17.2 Å². The van der Waals surface area contributed by atoms with Gasteiger partial charge < -0.3 is 0 Å². The van der Waals surface area contributed by atoms with Crippen molar-refractivity contribution in [3.63, 3.8) is 0 Å². The Kier molecular flexibility index (Phi) is 5.16. The molecule has 0 amide bonds. The van der Waals surface area contributed by atoms with Crippen molar-refractivity contribution in [1.82, 2.24) is 9.78 Å². The highest BCUT2D eigenvalue weighted by atomic mass is 16.2. The van der Waals surface area contributed by atoms with Crippen molar-refractivity contribution >= 4 is 5.91 Å². The van der Waals surface area contributed by atoms with Gasteiger partial charge >= 0.3 is 0 Å². The molecule has 1 atom stereocenters. The minimum absolute atomic E-state index is 0.0932. The number of nitriles is 2. The number of hydrogen-bond donors (Lipinski definition) is 0. The molecular weight excluding hydrogens is 300 g/mol. The SMILES string of the molecule is Cc1cc(C)n(C(=O)CC(C)C(C#N)(C#N)Cc2ccccc2)n1. The number of rotatable bonds is 5. The molecule has 0 saturated carbocycles. The van der Waals surface area contributed by atoms with E-state index in [0.717, 1.165) is 17.0 Å². The lowest BCUT2D eigenvalue weighted by molar-refractivity contribution is 0.0843. The topological polar surface area (TPSA) is 82.5 Å². The summed E-state index contributed by atoms with van der Waals surface area (Å²) >= 11 is 0. The quantitative estimate of drug-likeness (QED) is 0.845. The second-order valence-electron chi connectivity index (χ2n) is 6.20. The van der Waals surface area contributed by atoms with E-state index in [1.165, 1.54) is 4.68 Å². The van der Waals surface area contributed by atoms with Crippen LogP contribution in [0.1, 0.15) is 35.1 Å². The van der Waals surface area contributed by atoms with Crippen molar-refractivity contribution in [1.29, 1.82) is 10.5 Å². The Morgan fingerprint density at radius 2 is 1.88 bits per heavy atom. The Morgan fingerprint density at radius 3 is 2.38 bits per heavy atom. The molecule has 0 radical (unpaired) electrons. The van der Waals surface area contributed by atoms with Crippen LogP contribution in [-0.4, -0.2) is 15.7 Å². The number of carbonyl (C=O) groups excluding carboxylic acids is 1. The van der Waals surface area contributed by atoms with Gasteiger partial charge in [-0.25, -0.2) is 4.68 Å². The van der Waals surface area contributed by atoms with Crippen LogP contribution < -0.4 is 0 Å². The summed E-state index contributed by atoms with van der Waals surface area (Å²) in [5.74, 6) is -0.611. The van der Waals surface area contributed by atoms with Gasteiger partial charge in [0.1, 0.15) is 0 Å². The molecule has 2 aromatic rings. The first-order valence-electron chi connectivity index (χ1n) is 7.85. The molecule has 2 rings (SSSR count). The van der Waals surface area contributed by atoms with Crippen LogP contribution in [0.25, 0.3) is 0 Å². The molecule has 1 unspecified atom stereocenters. The van der Waals surface area contributed by atoms with E-state index in [1.807, 2.05) is 50.2 Å². The molecule has 0 aliphatic rings. The Hall–Kier alpha value is -2.92. The second kappa shape index (κ2) is 7.10. The van der Waals surface area contributed by atoms with E-state index >= 15 is 0 Å². The molecule has 24 heavy (non-hydrogen) atoms. The summed E-state index contributed by atoms with van der Waals surface area (Å²) in [5.41, 5.74) is 1.19. The van der Waals surface area contributed by atoms with Gasteiger partial charge in [0.15, 0.2) is 5.41 Å². The van der Waals surface area contributed by atoms with Crippen molar-refractivity contribution in [2.75, 3.05) is 0 Å². The predicted molar refractivity (Wildman–Crippen MR) is 89.9 cm³/mol. The van der Waals surface area contributed by atoms with E-state index in [0.29, 0.717) is 6.42 Å². The molecule has 0 aliphatic heterocycles. The largest absolute Gasteiger partial charge is 0.273 e. The zero-order chi connectivity index (χ0) is 17.7. The zero-order valence-electron chi connectivity index (χ0n) is 14.2. The van der Waals surface area contributed by atoms with Crippen LogP contribution in [-0.2, 0) is 6.42 Å². The van der Waals surface area contributed by atoms with Gasteiger partial charge in [-0.05, 0) is 31.4 Å². The number of nitrogens with zero attached hydrogens (tertiary/aromatic N) is 4. The molecule has 0 aliphatic carbocycles. The molecule has 5 heteroatoms. The standard InChI is InChI=1S/C19H20N4O/c1-14(9-18(24)23-16(3)10-15(2)22-23)19(12-20,13-21)11-17-7-5-4-6-8-17/h4-8,10,14H,9,11H2,1-3H3. The van der Waals surface area contributed by atoms with Crippen molar-refractivity contribution < 1.29 is 4.79 Å². The van der Waals surface area contributed by atoms with Gasteiger partial charge in [0.25, 0.3) is 0 Å². The highest BCUT2D eigenvalue weighted by molar-refractivity contribution is 5.79. The van der Waals surface area contributed by atoms with Gasteiger partial charge in [0, 0.05) is 18.5 Å². The lowest BCUT2D eigenvalue weighted by Crippen LogP contribution is -2.31. The van der Waals surface area contributed by atoms with Gasteiger partial charge in [-0.3, -0.25) is 4.79 Å². The first-order valence-corrected chi connectivity index (χ1v) is 7.85. The first-order chi connectivity index (χ1) is 11.4. The number of aromatic nitrogens is 2. The van der Waals surface area contributed by atoms with Crippen LogP contribution in [0.15, 0.2) is 36.4 Å². The third-order valence-corrected chi connectivity index (χ3v) is 4.29. The molecule has 1 aromatic heterocycles. The number of aryl methyl sites for hydroxylation is 2. The fraction of sp³-hybridized carbons (Fsp3) is 0.368. The summed E-state index contributed by atoms with van der Waals surface area (Å²) in [7, 11) is 0. The lowest BCUT2D eigenvalue weighted by Gasteiger charge is -2.25. The maximum Gasteiger partial charge on any atom is 0.247 e. The molecule has 0 saturated heterocycles. The zero-order valence-corrected chi connectivity index (χ0v) is 14.2. The second-order valence-corrected chi connectivity index (χ2v) is 6.20. The summed E-state index contributed by atoms with van der Waals surface area (Å²) in [6.07, 6.45) is 0.391. The van der Waals surface area contributed by atoms with Crippen molar-refractivity contribution in [3.8, 4) is 12.1 Å². The molecule has 0 spiro atoms. The van der Waals surface area contributed by atoms with Crippen LogP contribution in [0, 0.1) is 47.8 Å². The van der Waals surface area contributed by atoms with Gasteiger partial charge in [0.05, 0.1) is 17.8 Å². The van der Waals surface area contributed by atoms with E-state index < -0.39 is 11.3 Å². The van der Waals surface area contributed by atoms with Crippen molar-refractivity contribution in [2.24, 2.45) is 11.3 Å². The maximum atomic E-state index is 12.5. The van der Waals surface area contributed by atoms with Crippen molar-refractivity contribution in [3.05, 3.63) is 53.3 Å². The lowest BCUT2D eigenvalue weighted by atomic mass is 9.73. The third kappa shape index (κ3) is 3.52. The molecule has 1 aromatic carbocycles. The molecule has 0 fully saturated rings. The molecule has 1 heterocycles. The molecule has 122 valence electrons. The summed E-state index contributed by atoms with van der Waals surface area (Å²) in [6, 6.07) is 15.5. The first kappa shape index (κ1) is 17.4. The highest BCUT2D eigenvalue weighted by Gasteiger charge is 2.38. The summed E-state index contributed by atoms with van der Waals surface area (Å²) in [6.45, 7) is 5.41. The normalized spacial score (nSPS) is 12.2. The Bertz CT molecular complexity index is 794. The Balaban J connectivity index is 2.22. The van der Waals surface area contributed by atoms with E-state index in [1.54, 1.807) is 6.92 Å². The van der Waals surface area contributed by atoms with Gasteiger partial charge in [-0.15, -0.1) is 0 Å². The molecular formula is C19H20N4O. The number of carbonyl (C=O) groups is 1.